The van der Waals surface area contributed by atoms with E-state index in [9.17, 15) is 13.2 Å². The molecule has 0 aromatic heterocycles. The Balaban J connectivity index is 2.08. The number of ether oxygens (including phenoxy) is 1. The standard InChI is InChI=1S/C16H22F3NO/c1-2-11-5-3-6-12(9-11)15(20)13-7-4-8-14(10-13)21-16(17,18)19/h4,7-8,10-12,15H,2-3,5-6,9,20H2,1H3. The van der Waals surface area contributed by atoms with E-state index in [4.69, 9.17) is 5.73 Å². The van der Waals surface area contributed by atoms with E-state index in [1.54, 1.807) is 12.1 Å². The molecule has 1 aliphatic rings. The molecule has 0 amide bonds. The molecule has 0 saturated heterocycles. The molecular weight excluding hydrogens is 279 g/mol. The van der Waals surface area contributed by atoms with Gasteiger partial charge in [0.05, 0.1) is 0 Å². The second kappa shape index (κ2) is 6.69. The highest BCUT2D eigenvalue weighted by Gasteiger charge is 2.32. The SMILES string of the molecule is CCC1CCCC(C(N)c2cccc(OC(F)(F)F)c2)C1. The lowest BCUT2D eigenvalue weighted by Crippen LogP contribution is -2.27. The highest BCUT2D eigenvalue weighted by molar-refractivity contribution is 5.31. The molecule has 1 aromatic carbocycles. The monoisotopic (exact) mass is 301 g/mol. The zero-order valence-corrected chi connectivity index (χ0v) is 12.2. The molecule has 0 aliphatic heterocycles. The molecule has 1 aliphatic carbocycles. The van der Waals surface area contributed by atoms with E-state index < -0.39 is 6.36 Å². The van der Waals surface area contributed by atoms with Crippen LogP contribution in [0.25, 0.3) is 0 Å². The van der Waals surface area contributed by atoms with Gasteiger partial charge >= 0.3 is 6.36 Å². The third-order valence-electron chi connectivity index (χ3n) is 4.39. The summed E-state index contributed by atoms with van der Waals surface area (Å²) in [5.74, 6) is 0.826. The molecule has 3 atom stereocenters. The van der Waals surface area contributed by atoms with Crippen molar-refractivity contribution in [2.45, 2.75) is 51.4 Å². The predicted octanol–water partition coefficient (Wildman–Crippen LogP) is 4.80. The Hall–Kier alpha value is -1.23. The van der Waals surface area contributed by atoms with Crippen molar-refractivity contribution >= 4 is 0 Å². The van der Waals surface area contributed by atoms with E-state index in [-0.39, 0.29) is 11.8 Å². The maximum Gasteiger partial charge on any atom is 0.573 e. The van der Waals surface area contributed by atoms with Gasteiger partial charge in [0.2, 0.25) is 0 Å². The third-order valence-corrected chi connectivity index (χ3v) is 4.39. The van der Waals surface area contributed by atoms with Gasteiger partial charge < -0.3 is 10.5 Å². The highest BCUT2D eigenvalue weighted by Crippen LogP contribution is 2.38. The summed E-state index contributed by atoms with van der Waals surface area (Å²) < 4.78 is 40.8. The van der Waals surface area contributed by atoms with Gasteiger partial charge in [-0.25, -0.2) is 0 Å². The molecule has 0 bridgehead atoms. The number of rotatable bonds is 4. The van der Waals surface area contributed by atoms with Gasteiger partial charge in [-0.05, 0) is 42.4 Å². The molecule has 1 fully saturated rings. The Morgan fingerprint density at radius 3 is 2.76 bits per heavy atom. The van der Waals surface area contributed by atoms with Crippen LogP contribution in [0, 0.1) is 11.8 Å². The molecule has 1 aromatic rings. The second-order valence-corrected chi connectivity index (χ2v) is 5.85. The summed E-state index contributed by atoms with van der Waals surface area (Å²) in [5, 5.41) is 0. The fraction of sp³-hybridized carbons (Fsp3) is 0.625. The first-order valence-electron chi connectivity index (χ1n) is 7.50. The predicted molar refractivity (Wildman–Crippen MR) is 75.8 cm³/mol. The summed E-state index contributed by atoms with van der Waals surface area (Å²) in [4.78, 5) is 0. The number of halogens is 3. The minimum Gasteiger partial charge on any atom is -0.406 e. The molecular formula is C16H22F3NO. The minimum atomic E-state index is -4.67. The number of alkyl halides is 3. The van der Waals surface area contributed by atoms with Gasteiger partial charge in [-0.2, -0.15) is 0 Å². The van der Waals surface area contributed by atoms with Crippen molar-refractivity contribution in [3.8, 4) is 5.75 Å². The van der Waals surface area contributed by atoms with Crippen LogP contribution >= 0.6 is 0 Å². The molecule has 0 heterocycles. The van der Waals surface area contributed by atoms with E-state index in [0.29, 0.717) is 11.8 Å². The van der Waals surface area contributed by atoms with Crippen LogP contribution in [0.3, 0.4) is 0 Å². The summed E-state index contributed by atoms with van der Waals surface area (Å²) in [6.07, 6.45) is 0.956. The quantitative estimate of drug-likeness (QED) is 0.867. The first-order chi connectivity index (χ1) is 9.89. The smallest absolute Gasteiger partial charge is 0.406 e. The van der Waals surface area contributed by atoms with Crippen LogP contribution in [0.1, 0.15) is 50.6 Å². The molecule has 2 N–H and O–H groups in total. The summed E-state index contributed by atoms with van der Waals surface area (Å²) in [6, 6.07) is 5.84. The fourth-order valence-electron chi connectivity index (χ4n) is 3.22. The van der Waals surface area contributed by atoms with Gasteiger partial charge in [0.25, 0.3) is 0 Å². The number of hydrogen-bond acceptors (Lipinski definition) is 2. The van der Waals surface area contributed by atoms with Crippen molar-refractivity contribution in [1.82, 2.24) is 0 Å². The van der Waals surface area contributed by atoms with Crippen LogP contribution in [0.15, 0.2) is 24.3 Å². The van der Waals surface area contributed by atoms with Crippen LogP contribution in [0.2, 0.25) is 0 Å². The van der Waals surface area contributed by atoms with Gasteiger partial charge in [0, 0.05) is 6.04 Å². The van der Waals surface area contributed by atoms with Gasteiger partial charge in [-0.3, -0.25) is 0 Å². The molecule has 2 rings (SSSR count). The Morgan fingerprint density at radius 2 is 2.10 bits per heavy atom. The Morgan fingerprint density at radius 1 is 1.33 bits per heavy atom. The molecule has 2 nitrogen and oxygen atoms in total. The second-order valence-electron chi connectivity index (χ2n) is 5.85. The molecule has 3 unspecified atom stereocenters. The summed E-state index contributed by atoms with van der Waals surface area (Å²) in [6.45, 7) is 2.18. The maximum absolute atomic E-state index is 12.3. The summed E-state index contributed by atoms with van der Waals surface area (Å²) in [7, 11) is 0. The first-order valence-corrected chi connectivity index (χ1v) is 7.50. The molecule has 1 saturated carbocycles. The van der Waals surface area contributed by atoms with Crippen molar-refractivity contribution in [2.24, 2.45) is 17.6 Å². The average Bonchev–Trinajstić information content (AvgIpc) is 2.45. The number of benzene rings is 1. The fourth-order valence-corrected chi connectivity index (χ4v) is 3.22. The average molecular weight is 301 g/mol. The number of nitrogens with two attached hydrogens (primary N) is 1. The maximum atomic E-state index is 12.3. The van der Waals surface area contributed by atoms with Gasteiger partial charge in [0.1, 0.15) is 5.75 Å². The van der Waals surface area contributed by atoms with Gasteiger partial charge in [-0.15, -0.1) is 13.2 Å². The van der Waals surface area contributed by atoms with Crippen molar-refractivity contribution < 1.29 is 17.9 Å². The summed E-state index contributed by atoms with van der Waals surface area (Å²) >= 11 is 0. The Labute approximate surface area is 123 Å². The number of hydrogen-bond donors (Lipinski definition) is 1. The lowest BCUT2D eigenvalue weighted by Gasteiger charge is -2.32. The lowest BCUT2D eigenvalue weighted by atomic mass is 9.75. The topological polar surface area (TPSA) is 35.2 Å². The zero-order chi connectivity index (χ0) is 15.5. The lowest BCUT2D eigenvalue weighted by molar-refractivity contribution is -0.274. The van der Waals surface area contributed by atoms with Crippen molar-refractivity contribution in [3.63, 3.8) is 0 Å². The van der Waals surface area contributed by atoms with Crippen molar-refractivity contribution in [2.75, 3.05) is 0 Å². The van der Waals surface area contributed by atoms with Crippen LogP contribution in [0.4, 0.5) is 13.2 Å². The zero-order valence-electron chi connectivity index (χ0n) is 12.2. The van der Waals surface area contributed by atoms with Gasteiger partial charge in [-0.1, -0.05) is 38.3 Å². The van der Waals surface area contributed by atoms with E-state index in [1.807, 2.05) is 0 Å². The van der Waals surface area contributed by atoms with Crippen LogP contribution in [-0.4, -0.2) is 6.36 Å². The van der Waals surface area contributed by atoms with Crippen LogP contribution in [-0.2, 0) is 0 Å². The molecule has 0 spiro atoms. The summed E-state index contributed by atoms with van der Waals surface area (Å²) in [5.41, 5.74) is 7.00. The van der Waals surface area contributed by atoms with Gasteiger partial charge in [0.15, 0.2) is 0 Å². The van der Waals surface area contributed by atoms with Crippen LogP contribution < -0.4 is 10.5 Å². The first kappa shape index (κ1) is 16.1. The Bertz CT molecular complexity index is 461. The van der Waals surface area contributed by atoms with E-state index in [1.165, 1.54) is 18.6 Å². The minimum absolute atomic E-state index is 0.196. The largest absolute Gasteiger partial charge is 0.573 e. The normalized spacial score (nSPS) is 24.6. The van der Waals surface area contributed by atoms with E-state index in [0.717, 1.165) is 31.2 Å². The van der Waals surface area contributed by atoms with Crippen molar-refractivity contribution in [1.29, 1.82) is 0 Å². The van der Waals surface area contributed by atoms with Crippen LogP contribution in [0.5, 0.6) is 5.75 Å². The molecule has 0 radical (unpaired) electrons. The molecule has 21 heavy (non-hydrogen) atoms. The van der Waals surface area contributed by atoms with Crippen molar-refractivity contribution in [3.05, 3.63) is 29.8 Å². The molecule has 5 heteroatoms. The Kier molecular flexibility index (Phi) is 5.14. The highest BCUT2D eigenvalue weighted by atomic mass is 19.4. The van der Waals surface area contributed by atoms with E-state index >= 15 is 0 Å². The van der Waals surface area contributed by atoms with E-state index in [2.05, 4.69) is 11.7 Å². The molecule has 118 valence electrons. The third kappa shape index (κ3) is 4.63.